The molecule has 0 radical (unpaired) electrons. The summed E-state index contributed by atoms with van der Waals surface area (Å²) in [5.74, 6) is -0.508. The third-order valence-electron chi connectivity index (χ3n) is 6.93. The molecule has 11 nitrogen and oxygen atoms in total. The Hall–Kier alpha value is -4.06. The van der Waals surface area contributed by atoms with Crippen molar-refractivity contribution in [2.24, 2.45) is 0 Å². The van der Waals surface area contributed by atoms with Crippen LogP contribution in [0.4, 0.5) is 10.1 Å². The molecule has 0 saturated carbocycles. The lowest BCUT2D eigenvalue weighted by molar-refractivity contribution is 0.0695. The average molecular weight is 524 g/mol. The number of rotatable bonds is 6. The maximum absolute atomic E-state index is 15.3. The van der Waals surface area contributed by atoms with Crippen LogP contribution in [0.5, 0.6) is 0 Å². The Morgan fingerprint density at radius 2 is 1.95 bits per heavy atom. The zero-order valence-corrected chi connectivity index (χ0v) is 21.8. The molecule has 4 aromatic rings. The van der Waals surface area contributed by atoms with Gasteiger partial charge in [-0.2, -0.15) is 0 Å². The van der Waals surface area contributed by atoms with Gasteiger partial charge < -0.3 is 19.0 Å². The Labute approximate surface area is 218 Å². The Kier molecular flexibility index (Phi) is 6.51. The number of halogens is 1. The number of furan rings is 1. The number of fused-ring (bicyclic) bond motifs is 1. The third kappa shape index (κ3) is 4.44. The minimum absolute atomic E-state index is 0.0542. The van der Waals surface area contributed by atoms with Crippen LogP contribution in [-0.4, -0.2) is 66.9 Å². The van der Waals surface area contributed by atoms with Crippen molar-refractivity contribution in [1.82, 2.24) is 29.7 Å². The average Bonchev–Trinajstić information content (AvgIpc) is 3.58. The first-order valence-corrected chi connectivity index (χ1v) is 12.5. The van der Waals surface area contributed by atoms with Crippen LogP contribution < -0.4 is 10.3 Å². The number of pyridine rings is 1. The number of hydrogen-bond donors (Lipinski definition) is 1. The lowest BCUT2D eigenvalue weighted by Gasteiger charge is -2.39. The summed E-state index contributed by atoms with van der Waals surface area (Å²) in [5.41, 5.74) is -0.531. The van der Waals surface area contributed by atoms with Crippen molar-refractivity contribution in [3.63, 3.8) is 0 Å². The summed E-state index contributed by atoms with van der Waals surface area (Å²) in [4.78, 5) is 28.4. The molecule has 4 heterocycles. The van der Waals surface area contributed by atoms with Crippen molar-refractivity contribution in [1.29, 1.82) is 0 Å². The molecular formula is C26H30FN7O4. The molecule has 5 rings (SSSR count). The molecule has 1 N–H and O–H groups in total. The minimum Gasteiger partial charge on any atom is -0.477 e. The normalized spacial score (nSPS) is 15.8. The van der Waals surface area contributed by atoms with Crippen molar-refractivity contribution in [3.8, 4) is 0 Å². The van der Waals surface area contributed by atoms with Gasteiger partial charge in [0.1, 0.15) is 23.2 Å². The Morgan fingerprint density at radius 1 is 1.21 bits per heavy atom. The van der Waals surface area contributed by atoms with Gasteiger partial charge in [-0.25, -0.2) is 13.9 Å². The number of aromatic carboxylic acids is 1. The second-order valence-electron chi connectivity index (χ2n) is 10.3. The number of carboxylic acids is 1. The molecule has 38 heavy (non-hydrogen) atoms. The molecule has 0 amide bonds. The highest BCUT2D eigenvalue weighted by Gasteiger charge is 2.35. The second-order valence-corrected chi connectivity index (χ2v) is 10.3. The molecule has 0 bridgehead atoms. The van der Waals surface area contributed by atoms with Gasteiger partial charge in [-0.1, -0.05) is 0 Å². The molecule has 1 aliphatic heterocycles. The smallest absolute Gasteiger partial charge is 0.341 e. The molecule has 3 aromatic heterocycles. The van der Waals surface area contributed by atoms with Crippen molar-refractivity contribution in [2.75, 3.05) is 31.1 Å². The fourth-order valence-corrected chi connectivity index (χ4v) is 5.04. The van der Waals surface area contributed by atoms with E-state index < -0.39 is 17.2 Å². The van der Waals surface area contributed by atoms with Crippen LogP contribution in [0, 0.1) is 5.82 Å². The van der Waals surface area contributed by atoms with E-state index in [0.717, 1.165) is 11.8 Å². The van der Waals surface area contributed by atoms with Gasteiger partial charge in [0.2, 0.25) is 5.43 Å². The standard InChI is InChI=1S/C26H30FN7O4/c1-5-31-15-17(25(36)37)23(35)16-13-18(27)20(14-19(16)31)32-8-10-33(11-9-32)22(21-7-6-12-38-21)24-28-29-30-34(24)26(2,3)4/h6-7,12-15,22H,5,8-11H2,1-4H3,(H,36,37). The van der Waals surface area contributed by atoms with Crippen molar-refractivity contribution in [3.05, 3.63) is 69.9 Å². The van der Waals surface area contributed by atoms with E-state index in [-0.39, 0.29) is 22.5 Å². The van der Waals surface area contributed by atoms with Crippen LogP contribution in [0.2, 0.25) is 0 Å². The number of tetrazole rings is 1. The summed E-state index contributed by atoms with van der Waals surface area (Å²) in [6.45, 7) is 10.6. The quantitative estimate of drug-likeness (QED) is 0.406. The molecule has 1 atom stereocenters. The van der Waals surface area contributed by atoms with Gasteiger partial charge in [-0.3, -0.25) is 9.69 Å². The van der Waals surface area contributed by atoms with Crippen LogP contribution in [0.1, 0.15) is 55.7 Å². The van der Waals surface area contributed by atoms with E-state index in [9.17, 15) is 14.7 Å². The predicted molar refractivity (Wildman–Crippen MR) is 138 cm³/mol. The summed E-state index contributed by atoms with van der Waals surface area (Å²) in [6.07, 6.45) is 2.94. The molecule has 0 spiro atoms. The number of hydrogen-bond acceptors (Lipinski definition) is 8. The SMILES string of the molecule is CCn1cc(C(=O)O)c(=O)c2cc(F)c(N3CCN(C(c4ccco4)c4nnnn4C(C)(C)C)CC3)cc21. The summed E-state index contributed by atoms with van der Waals surface area (Å²) >= 11 is 0. The maximum atomic E-state index is 15.3. The number of benzene rings is 1. The first kappa shape index (κ1) is 25.6. The van der Waals surface area contributed by atoms with Gasteiger partial charge >= 0.3 is 5.97 Å². The molecule has 1 saturated heterocycles. The van der Waals surface area contributed by atoms with Crippen molar-refractivity contribution < 1.29 is 18.7 Å². The number of piperazine rings is 1. The van der Waals surface area contributed by atoms with Crippen molar-refractivity contribution in [2.45, 2.75) is 45.8 Å². The zero-order valence-electron chi connectivity index (χ0n) is 21.8. The maximum Gasteiger partial charge on any atom is 0.341 e. The largest absolute Gasteiger partial charge is 0.477 e. The minimum atomic E-state index is -1.33. The van der Waals surface area contributed by atoms with Crippen LogP contribution in [-0.2, 0) is 12.1 Å². The zero-order chi connectivity index (χ0) is 27.2. The highest BCUT2D eigenvalue weighted by molar-refractivity contribution is 5.93. The van der Waals surface area contributed by atoms with Crippen LogP contribution in [0.3, 0.4) is 0 Å². The topological polar surface area (TPSA) is 123 Å². The molecule has 200 valence electrons. The Morgan fingerprint density at radius 3 is 2.55 bits per heavy atom. The number of carboxylic acid groups (broad SMARTS) is 1. The third-order valence-corrected chi connectivity index (χ3v) is 6.93. The van der Waals surface area contributed by atoms with Gasteiger partial charge in [0.25, 0.3) is 0 Å². The highest BCUT2D eigenvalue weighted by Crippen LogP contribution is 2.32. The van der Waals surface area contributed by atoms with Crippen LogP contribution >= 0.6 is 0 Å². The van der Waals surface area contributed by atoms with Crippen molar-refractivity contribution >= 4 is 22.6 Å². The number of carbonyl (C=O) groups is 1. The van der Waals surface area contributed by atoms with Gasteiger partial charge in [0, 0.05) is 44.3 Å². The van der Waals surface area contributed by atoms with E-state index in [2.05, 4.69) is 20.4 Å². The number of aryl methyl sites for hydroxylation is 1. The van der Waals surface area contributed by atoms with E-state index in [1.165, 1.54) is 6.20 Å². The van der Waals surface area contributed by atoms with Crippen LogP contribution in [0.15, 0.2) is 45.9 Å². The van der Waals surface area contributed by atoms with E-state index in [4.69, 9.17) is 4.42 Å². The summed E-state index contributed by atoms with van der Waals surface area (Å²) in [5, 5.41) is 21.9. The van der Waals surface area contributed by atoms with E-state index in [0.29, 0.717) is 49.8 Å². The number of aromatic nitrogens is 5. The lowest BCUT2D eigenvalue weighted by atomic mass is 10.1. The van der Waals surface area contributed by atoms with Gasteiger partial charge in [-0.05, 0) is 62.4 Å². The second kappa shape index (κ2) is 9.67. The summed E-state index contributed by atoms with van der Waals surface area (Å²) in [7, 11) is 0. The molecule has 1 aliphatic rings. The van der Waals surface area contributed by atoms with E-state index in [1.54, 1.807) is 21.6 Å². The molecule has 12 heteroatoms. The molecule has 1 unspecified atom stereocenters. The monoisotopic (exact) mass is 523 g/mol. The number of nitrogens with zero attached hydrogens (tertiary/aromatic N) is 7. The Balaban J connectivity index is 1.46. The lowest BCUT2D eigenvalue weighted by Crippen LogP contribution is -2.49. The first-order chi connectivity index (χ1) is 18.1. The van der Waals surface area contributed by atoms with Gasteiger partial charge in [0.15, 0.2) is 5.82 Å². The fourth-order valence-electron chi connectivity index (χ4n) is 5.04. The van der Waals surface area contributed by atoms with E-state index in [1.807, 2.05) is 44.7 Å². The number of anilines is 1. The summed E-state index contributed by atoms with van der Waals surface area (Å²) < 4.78 is 24.6. The predicted octanol–water partition coefficient (Wildman–Crippen LogP) is 3.10. The molecular weight excluding hydrogens is 493 g/mol. The highest BCUT2D eigenvalue weighted by atomic mass is 19.1. The van der Waals surface area contributed by atoms with Gasteiger partial charge in [0.05, 0.1) is 23.0 Å². The molecule has 1 fully saturated rings. The van der Waals surface area contributed by atoms with Gasteiger partial charge in [-0.15, -0.1) is 5.10 Å². The van der Waals surface area contributed by atoms with Crippen LogP contribution in [0.25, 0.3) is 10.9 Å². The van der Waals surface area contributed by atoms with E-state index >= 15 is 4.39 Å². The molecule has 0 aliphatic carbocycles. The summed E-state index contributed by atoms with van der Waals surface area (Å²) in [6, 6.07) is 6.21. The first-order valence-electron chi connectivity index (χ1n) is 12.5. The Bertz CT molecular complexity index is 1530. The molecule has 1 aromatic carbocycles. The fraction of sp³-hybridized carbons (Fsp3) is 0.423.